The fourth-order valence-electron chi connectivity index (χ4n) is 4.25. The van der Waals surface area contributed by atoms with Gasteiger partial charge in [0.15, 0.2) is 17.3 Å². The maximum Gasteiger partial charge on any atom is 0.227 e. The van der Waals surface area contributed by atoms with Gasteiger partial charge in [0.1, 0.15) is 6.04 Å². The number of ether oxygens (including phenoxy) is 2. The molecule has 2 aliphatic rings. The fourth-order valence-corrected chi connectivity index (χ4v) is 5.04. The van der Waals surface area contributed by atoms with Crippen molar-refractivity contribution in [1.29, 1.82) is 0 Å². The summed E-state index contributed by atoms with van der Waals surface area (Å²) in [6, 6.07) is 15.6. The van der Waals surface area contributed by atoms with Gasteiger partial charge in [0.05, 0.1) is 14.2 Å². The number of nitrogens with one attached hydrogen (secondary N) is 1. The summed E-state index contributed by atoms with van der Waals surface area (Å²) in [5.41, 5.74) is 3.83. The lowest BCUT2D eigenvalue weighted by atomic mass is 9.85. The zero-order chi connectivity index (χ0) is 22.1. The number of benzene rings is 2. The summed E-state index contributed by atoms with van der Waals surface area (Å²) in [4.78, 5) is 17.7. The molecule has 0 spiro atoms. The number of rotatable bonds is 6. The molecular formula is C24H24N4O3S. The Morgan fingerprint density at radius 3 is 2.69 bits per heavy atom. The van der Waals surface area contributed by atoms with Crippen LogP contribution in [0.2, 0.25) is 0 Å². The number of carbonyl (C=O) groups is 1. The highest BCUT2D eigenvalue weighted by molar-refractivity contribution is 7.98. The number of fused-ring (bicyclic) bond motifs is 1. The van der Waals surface area contributed by atoms with Gasteiger partial charge in [-0.15, -0.1) is 5.10 Å². The number of aromatic nitrogens is 3. The quantitative estimate of drug-likeness (QED) is 0.552. The Morgan fingerprint density at radius 2 is 1.91 bits per heavy atom. The number of hydrogen-bond donors (Lipinski definition) is 1. The minimum atomic E-state index is -0.354. The van der Waals surface area contributed by atoms with Crippen molar-refractivity contribution in [2.75, 3.05) is 19.5 Å². The monoisotopic (exact) mass is 448 g/mol. The average molecular weight is 449 g/mol. The molecule has 8 heteroatoms. The summed E-state index contributed by atoms with van der Waals surface area (Å²) in [6.45, 7) is 0. The van der Waals surface area contributed by atoms with Crippen molar-refractivity contribution in [3.05, 3.63) is 70.9 Å². The van der Waals surface area contributed by atoms with E-state index in [4.69, 9.17) is 19.6 Å². The largest absolute Gasteiger partial charge is 0.493 e. The maximum absolute atomic E-state index is 13.0. The predicted molar refractivity (Wildman–Crippen MR) is 123 cm³/mol. The van der Waals surface area contributed by atoms with Crippen molar-refractivity contribution in [2.45, 2.75) is 36.2 Å². The van der Waals surface area contributed by atoms with Crippen LogP contribution in [0.1, 0.15) is 36.4 Å². The smallest absolute Gasteiger partial charge is 0.227 e. The Hall–Kier alpha value is -3.26. The molecule has 3 aromatic rings. The molecule has 0 saturated heterocycles. The third-order valence-electron chi connectivity index (χ3n) is 5.78. The van der Waals surface area contributed by atoms with Gasteiger partial charge in [0.2, 0.25) is 11.1 Å². The predicted octanol–water partition coefficient (Wildman–Crippen LogP) is 4.61. The van der Waals surface area contributed by atoms with Gasteiger partial charge in [0, 0.05) is 23.4 Å². The van der Waals surface area contributed by atoms with E-state index in [-0.39, 0.29) is 11.8 Å². The molecule has 0 amide bonds. The molecule has 1 N–H and O–H groups in total. The van der Waals surface area contributed by atoms with Crippen LogP contribution in [-0.2, 0) is 10.5 Å². The zero-order valence-electron chi connectivity index (χ0n) is 18.0. The lowest BCUT2D eigenvalue weighted by molar-refractivity contribution is -0.116. The number of anilines is 1. The minimum absolute atomic E-state index is 0.151. The molecule has 1 aliphatic heterocycles. The van der Waals surface area contributed by atoms with E-state index in [1.54, 1.807) is 26.0 Å². The first-order chi connectivity index (χ1) is 15.7. The number of carbonyl (C=O) groups excluding carboxylic acids is 1. The molecule has 0 unspecified atom stereocenters. The minimum Gasteiger partial charge on any atom is -0.493 e. The molecule has 5 rings (SSSR count). The summed E-state index contributed by atoms with van der Waals surface area (Å²) in [5, 5.41) is 8.85. The van der Waals surface area contributed by atoms with Crippen LogP contribution in [-0.4, -0.2) is 34.8 Å². The highest BCUT2D eigenvalue weighted by Crippen LogP contribution is 2.42. The molecule has 0 bridgehead atoms. The summed E-state index contributed by atoms with van der Waals surface area (Å²) in [6.07, 6.45) is 2.21. The van der Waals surface area contributed by atoms with Crippen LogP contribution < -0.4 is 14.8 Å². The highest BCUT2D eigenvalue weighted by Gasteiger charge is 2.37. The third kappa shape index (κ3) is 3.75. The van der Waals surface area contributed by atoms with Crippen molar-refractivity contribution in [1.82, 2.24) is 14.8 Å². The van der Waals surface area contributed by atoms with E-state index in [1.807, 2.05) is 41.1 Å². The van der Waals surface area contributed by atoms with Gasteiger partial charge in [-0.25, -0.2) is 4.68 Å². The van der Waals surface area contributed by atoms with E-state index in [2.05, 4.69) is 17.4 Å². The van der Waals surface area contributed by atoms with Crippen molar-refractivity contribution in [2.24, 2.45) is 0 Å². The van der Waals surface area contributed by atoms with Gasteiger partial charge in [0.25, 0.3) is 0 Å². The van der Waals surface area contributed by atoms with Crippen LogP contribution >= 0.6 is 11.8 Å². The molecule has 1 atom stereocenters. The molecule has 32 heavy (non-hydrogen) atoms. The number of ketones is 1. The highest BCUT2D eigenvalue weighted by atomic mass is 32.2. The molecule has 7 nitrogen and oxygen atoms in total. The second-order valence-corrected chi connectivity index (χ2v) is 8.69. The molecule has 1 aromatic heterocycles. The van der Waals surface area contributed by atoms with E-state index in [0.29, 0.717) is 29.0 Å². The Labute approximate surface area is 190 Å². The van der Waals surface area contributed by atoms with E-state index < -0.39 is 0 Å². The van der Waals surface area contributed by atoms with E-state index in [0.717, 1.165) is 35.4 Å². The van der Waals surface area contributed by atoms with Crippen molar-refractivity contribution >= 4 is 23.5 Å². The molecule has 2 heterocycles. The van der Waals surface area contributed by atoms with Crippen molar-refractivity contribution in [3.63, 3.8) is 0 Å². The lowest BCUT2D eigenvalue weighted by Crippen LogP contribution is -2.31. The normalized spacial score (nSPS) is 17.4. The zero-order valence-corrected chi connectivity index (χ0v) is 18.8. The van der Waals surface area contributed by atoms with Crippen LogP contribution in [0.5, 0.6) is 11.5 Å². The Kier molecular flexibility index (Phi) is 5.61. The first kappa shape index (κ1) is 20.6. The summed E-state index contributed by atoms with van der Waals surface area (Å²) >= 11 is 1.58. The fraction of sp³-hybridized carbons (Fsp3) is 0.292. The Morgan fingerprint density at radius 1 is 1.09 bits per heavy atom. The van der Waals surface area contributed by atoms with Crippen LogP contribution in [0, 0.1) is 0 Å². The lowest BCUT2D eigenvalue weighted by Gasteiger charge is -2.32. The number of methoxy groups -OCH3 is 2. The van der Waals surface area contributed by atoms with E-state index in [1.165, 1.54) is 5.56 Å². The summed E-state index contributed by atoms with van der Waals surface area (Å²) < 4.78 is 12.7. The first-order valence-corrected chi connectivity index (χ1v) is 11.5. The standard InChI is InChI=1S/C24H24N4O3S/c1-30-19-12-11-16(13-20(19)31-2)22-21-17(9-6-10-18(21)29)25-23-26-24(27-28(22)23)32-14-15-7-4-3-5-8-15/h3-5,7-8,11-13,22H,6,9-10,14H2,1-2H3,(H,25,26,27)/t22-/m0/s1. The van der Waals surface area contributed by atoms with Gasteiger partial charge >= 0.3 is 0 Å². The SMILES string of the molecule is COc1ccc([C@H]2C3=C(CCCC3=O)Nc3nc(SCc4ccccc4)nn32)cc1OC. The van der Waals surface area contributed by atoms with E-state index in [9.17, 15) is 4.79 Å². The van der Waals surface area contributed by atoms with Gasteiger partial charge in [-0.3, -0.25) is 4.79 Å². The van der Waals surface area contributed by atoms with E-state index >= 15 is 0 Å². The molecule has 0 saturated carbocycles. The van der Waals surface area contributed by atoms with Crippen LogP contribution in [0.15, 0.2) is 65.0 Å². The van der Waals surface area contributed by atoms with Crippen LogP contribution in [0.4, 0.5) is 5.95 Å². The third-order valence-corrected chi connectivity index (χ3v) is 6.69. The number of Topliss-reactive ketones (excluding diaryl/α,β-unsaturated/α-hetero) is 1. The Bertz CT molecular complexity index is 1190. The molecule has 1 aliphatic carbocycles. The maximum atomic E-state index is 13.0. The second-order valence-electron chi connectivity index (χ2n) is 7.75. The van der Waals surface area contributed by atoms with Crippen molar-refractivity contribution < 1.29 is 14.3 Å². The number of thioether (sulfide) groups is 1. The molecule has 164 valence electrons. The van der Waals surface area contributed by atoms with Crippen LogP contribution in [0.3, 0.4) is 0 Å². The van der Waals surface area contributed by atoms with Gasteiger partial charge < -0.3 is 14.8 Å². The molecular weight excluding hydrogens is 424 g/mol. The number of nitrogens with zero attached hydrogens (tertiary/aromatic N) is 3. The summed E-state index contributed by atoms with van der Waals surface area (Å²) in [5.74, 6) is 2.85. The Balaban J connectivity index is 1.54. The average Bonchev–Trinajstić information content (AvgIpc) is 3.24. The second kappa shape index (κ2) is 8.70. The van der Waals surface area contributed by atoms with Gasteiger partial charge in [-0.05, 0) is 36.1 Å². The first-order valence-electron chi connectivity index (χ1n) is 10.6. The molecule has 0 radical (unpaired) electrons. The van der Waals surface area contributed by atoms with Gasteiger partial charge in [-0.1, -0.05) is 48.2 Å². The molecule has 2 aromatic carbocycles. The number of allylic oxidation sites excluding steroid dienone is 2. The molecule has 0 fully saturated rings. The summed E-state index contributed by atoms with van der Waals surface area (Å²) in [7, 11) is 3.22. The topological polar surface area (TPSA) is 78.3 Å². The van der Waals surface area contributed by atoms with Gasteiger partial charge in [-0.2, -0.15) is 4.98 Å². The van der Waals surface area contributed by atoms with Crippen LogP contribution in [0.25, 0.3) is 0 Å². The van der Waals surface area contributed by atoms with Crippen molar-refractivity contribution in [3.8, 4) is 11.5 Å². The number of hydrogen-bond acceptors (Lipinski definition) is 7.